The minimum Gasteiger partial charge on any atom is -0.312 e. The minimum absolute atomic E-state index is 0.156. The quantitative estimate of drug-likeness (QED) is 0.731. The predicted octanol–water partition coefficient (Wildman–Crippen LogP) is 3.94. The number of hydrogen-bond donors (Lipinski definition) is 1. The lowest BCUT2D eigenvalue weighted by Crippen LogP contribution is -2.30. The van der Waals surface area contributed by atoms with Gasteiger partial charge >= 0.3 is 0 Å². The highest BCUT2D eigenvalue weighted by Crippen LogP contribution is 2.37. The van der Waals surface area contributed by atoms with Crippen molar-refractivity contribution in [2.24, 2.45) is 5.92 Å². The highest BCUT2D eigenvalue weighted by Gasteiger charge is 2.36. The first-order valence-corrected chi connectivity index (χ1v) is 11.0. The molecule has 0 atom stereocenters. The molecular formula is C22H20N2O3S. The SMILES string of the molecule is O=C(C1CC1)N1CCc2cc(S(=O)(=O)Nc3ccc4ccccc4c3)ccc21. The average Bonchev–Trinajstić information content (AvgIpc) is 3.46. The van der Waals surface area contributed by atoms with Crippen molar-refractivity contribution in [3.63, 3.8) is 0 Å². The number of sulfonamides is 1. The third kappa shape index (κ3) is 3.03. The number of nitrogens with zero attached hydrogens (tertiary/aromatic N) is 1. The number of fused-ring (bicyclic) bond motifs is 2. The van der Waals surface area contributed by atoms with Gasteiger partial charge in [-0.15, -0.1) is 0 Å². The van der Waals surface area contributed by atoms with Gasteiger partial charge in [0.25, 0.3) is 10.0 Å². The summed E-state index contributed by atoms with van der Waals surface area (Å²) in [7, 11) is -3.70. The fraction of sp³-hybridized carbons (Fsp3) is 0.227. The monoisotopic (exact) mass is 392 g/mol. The molecule has 0 saturated heterocycles. The molecule has 142 valence electrons. The van der Waals surface area contributed by atoms with E-state index in [4.69, 9.17) is 0 Å². The van der Waals surface area contributed by atoms with E-state index in [0.29, 0.717) is 18.7 Å². The second kappa shape index (κ2) is 6.34. The molecule has 1 amide bonds. The first kappa shape index (κ1) is 17.3. The van der Waals surface area contributed by atoms with Crippen LogP contribution in [0.25, 0.3) is 10.8 Å². The molecule has 0 radical (unpaired) electrons. The van der Waals surface area contributed by atoms with Crippen molar-refractivity contribution in [1.82, 2.24) is 0 Å². The molecule has 0 aromatic heterocycles. The first-order chi connectivity index (χ1) is 13.5. The molecule has 1 heterocycles. The van der Waals surface area contributed by atoms with Crippen molar-refractivity contribution in [3.05, 3.63) is 66.2 Å². The maximum Gasteiger partial charge on any atom is 0.261 e. The summed E-state index contributed by atoms with van der Waals surface area (Å²) in [5.74, 6) is 0.326. The number of rotatable bonds is 4. The summed E-state index contributed by atoms with van der Waals surface area (Å²) >= 11 is 0. The number of benzene rings is 3. The average molecular weight is 392 g/mol. The fourth-order valence-electron chi connectivity index (χ4n) is 3.79. The Labute approximate surface area is 164 Å². The zero-order valence-electron chi connectivity index (χ0n) is 15.3. The van der Waals surface area contributed by atoms with Crippen LogP contribution < -0.4 is 9.62 Å². The topological polar surface area (TPSA) is 66.5 Å². The molecule has 5 nitrogen and oxygen atoms in total. The molecule has 5 rings (SSSR count). The summed E-state index contributed by atoms with van der Waals surface area (Å²) in [4.78, 5) is 14.4. The Kier molecular flexibility index (Phi) is 3.91. The Balaban J connectivity index is 1.42. The molecule has 1 aliphatic carbocycles. The van der Waals surface area contributed by atoms with Gasteiger partial charge in [-0.05, 0) is 65.9 Å². The summed E-state index contributed by atoms with van der Waals surface area (Å²) in [5.41, 5.74) is 2.29. The van der Waals surface area contributed by atoms with Crippen LogP contribution in [0.5, 0.6) is 0 Å². The summed E-state index contributed by atoms with van der Waals surface area (Å²) in [6.07, 6.45) is 2.62. The van der Waals surface area contributed by atoms with Crippen LogP contribution in [-0.4, -0.2) is 20.9 Å². The molecular weight excluding hydrogens is 372 g/mol. The van der Waals surface area contributed by atoms with Gasteiger partial charge in [-0.25, -0.2) is 8.42 Å². The van der Waals surface area contributed by atoms with E-state index >= 15 is 0 Å². The van der Waals surface area contributed by atoms with E-state index in [1.165, 1.54) is 0 Å². The molecule has 28 heavy (non-hydrogen) atoms. The molecule has 0 spiro atoms. The summed E-state index contributed by atoms with van der Waals surface area (Å²) in [6.45, 7) is 0.631. The molecule has 1 fully saturated rings. The molecule has 6 heteroatoms. The molecule has 2 aliphatic rings. The van der Waals surface area contributed by atoms with Crippen LogP contribution in [-0.2, 0) is 21.2 Å². The van der Waals surface area contributed by atoms with Crippen molar-refractivity contribution in [2.75, 3.05) is 16.2 Å². The van der Waals surface area contributed by atoms with E-state index in [1.54, 1.807) is 29.2 Å². The predicted molar refractivity (Wildman–Crippen MR) is 110 cm³/mol. The van der Waals surface area contributed by atoms with Gasteiger partial charge in [-0.2, -0.15) is 0 Å². The second-order valence-corrected chi connectivity index (χ2v) is 9.15. The Morgan fingerprint density at radius 1 is 0.964 bits per heavy atom. The van der Waals surface area contributed by atoms with Gasteiger partial charge in [0.15, 0.2) is 0 Å². The van der Waals surface area contributed by atoms with Gasteiger partial charge in [0.05, 0.1) is 4.90 Å². The van der Waals surface area contributed by atoms with E-state index < -0.39 is 10.0 Å². The highest BCUT2D eigenvalue weighted by atomic mass is 32.2. The summed E-state index contributed by atoms with van der Waals surface area (Å²) < 4.78 is 28.4. The normalized spacial score (nSPS) is 16.2. The van der Waals surface area contributed by atoms with Crippen LogP contribution in [0.3, 0.4) is 0 Å². The number of anilines is 2. The van der Waals surface area contributed by atoms with Gasteiger partial charge in [-0.1, -0.05) is 30.3 Å². The molecule has 1 saturated carbocycles. The Bertz CT molecular complexity index is 1200. The fourth-order valence-corrected chi connectivity index (χ4v) is 4.89. The number of carbonyl (C=O) groups excluding carboxylic acids is 1. The third-order valence-corrected chi connectivity index (χ3v) is 6.83. The maximum absolute atomic E-state index is 12.9. The summed E-state index contributed by atoms with van der Waals surface area (Å²) in [5, 5.41) is 2.04. The van der Waals surface area contributed by atoms with E-state index in [2.05, 4.69) is 4.72 Å². The number of nitrogens with one attached hydrogen (secondary N) is 1. The molecule has 1 aliphatic heterocycles. The van der Waals surface area contributed by atoms with Gasteiger partial charge in [0.1, 0.15) is 0 Å². The van der Waals surface area contributed by atoms with Gasteiger partial charge in [0.2, 0.25) is 5.91 Å². The molecule has 0 unspecified atom stereocenters. The van der Waals surface area contributed by atoms with Gasteiger partial charge in [0, 0.05) is 23.8 Å². The van der Waals surface area contributed by atoms with Crippen molar-refractivity contribution < 1.29 is 13.2 Å². The van der Waals surface area contributed by atoms with Crippen LogP contribution in [0, 0.1) is 5.92 Å². The summed E-state index contributed by atoms with van der Waals surface area (Å²) in [6, 6.07) is 18.4. The van der Waals surface area contributed by atoms with Crippen molar-refractivity contribution in [2.45, 2.75) is 24.2 Å². The van der Waals surface area contributed by atoms with E-state index in [9.17, 15) is 13.2 Å². The third-order valence-electron chi connectivity index (χ3n) is 5.45. The molecule has 3 aromatic rings. The largest absolute Gasteiger partial charge is 0.312 e. The Morgan fingerprint density at radius 2 is 1.75 bits per heavy atom. The Hall–Kier alpha value is -2.86. The van der Waals surface area contributed by atoms with Crippen LogP contribution in [0.2, 0.25) is 0 Å². The maximum atomic E-state index is 12.9. The second-order valence-electron chi connectivity index (χ2n) is 7.47. The lowest BCUT2D eigenvalue weighted by molar-refractivity contribution is -0.119. The lowest BCUT2D eigenvalue weighted by Gasteiger charge is -2.17. The minimum atomic E-state index is -3.70. The van der Waals surface area contributed by atoms with Crippen molar-refractivity contribution >= 4 is 38.1 Å². The van der Waals surface area contributed by atoms with Gasteiger partial charge < -0.3 is 4.90 Å². The van der Waals surface area contributed by atoms with Crippen LogP contribution in [0.15, 0.2) is 65.6 Å². The Morgan fingerprint density at radius 3 is 2.54 bits per heavy atom. The number of amides is 1. The van der Waals surface area contributed by atoms with E-state index in [1.807, 2.05) is 36.4 Å². The molecule has 0 bridgehead atoms. The van der Waals surface area contributed by atoms with Gasteiger partial charge in [-0.3, -0.25) is 9.52 Å². The van der Waals surface area contributed by atoms with Crippen molar-refractivity contribution in [1.29, 1.82) is 0 Å². The van der Waals surface area contributed by atoms with Crippen LogP contribution in [0.4, 0.5) is 11.4 Å². The number of hydrogen-bond acceptors (Lipinski definition) is 3. The highest BCUT2D eigenvalue weighted by molar-refractivity contribution is 7.92. The lowest BCUT2D eigenvalue weighted by atomic mass is 10.1. The number of carbonyl (C=O) groups is 1. The first-order valence-electron chi connectivity index (χ1n) is 9.47. The standard InChI is InChI=1S/C22H20N2O3S/c25-22(16-5-6-16)24-12-11-18-14-20(9-10-21(18)24)28(26,27)23-19-8-7-15-3-1-2-4-17(15)13-19/h1-4,7-10,13-14,16,23H,5-6,11-12H2. The zero-order chi connectivity index (χ0) is 19.3. The van der Waals surface area contributed by atoms with Crippen molar-refractivity contribution in [3.8, 4) is 0 Å². The molecule has 3 aromatic carbocycles. The van der Waals surface area contributed by atoms with Crippen LogP contribution >= 0.6 is 0 Å². The molecule has 1 N–H and O–H groups in total. The van der Waals surface area contributed by atoms with Crippen LogP contribution in [0.1, 0.15) is 18.4 Å². The zero-order valence-corrected chi connectivity index (χ0v) is 16.1. The van der Waals surface area contributed by atoms with E-state index in [-0.39, 0.29) is 16.7 Å². The van der Waals surface area contributed by atoms with E-state index in [0.717, 1.165) is 34.9 Å². The smallest absolute Gasteiger partial charge is 0.261 e.